The zero-order valence-electron chi connectivity index (χ0n) is 9.90. The zero-order chi connectivity index (χ0) is 14.4. The highest BCUT2D eigenvalue weighted by Gasteiger charge is 2.13. The van der Waals surface area contributed by atoms with Crippen LogP contribution in [0.1, 0.15) is 0 Å². The van der Waals surface area contributed by atoms with Gasteiger partial charge in [0.15, 0.2) is 0 Å². The van der Waals surface area contributed by atoms with Gasteiger partial charge in [0.05, 0.1) is 5.70 Å². The highest BCUT2D eigenvalue weighted by Crippen LogP contribution is 2.18. The average Bonchev–Trinajstić information content (AvgIpc) is 2.38. The molecule has 0 aromatic rings. The third-order valence-corrected chi connectivity index (χ3v) is 2.10. The van der Waals surface area contributed by atoms with Crippen LogP contribution in [0.3, 0.4) is 0 Å². The van der Waals surface area contributed by atoms with Gasteiger partial charge in [0, 0.05) is 31.0 Å². The van der Waals surface area contributed by atoms with Crippen molar-refractivity contribution in [2.45, 2.75) is 0 Å². The minimum absolute atomic E-state index is 0.0997. The molecular weight excluding hydrogens is 256 g/mol. The summed E-state index contributed by atoms with van der Waals surface area (Å²) in [5.74, 6) is 0.0997. The van der Waals surface area contributed by atoms with E-state index < -0.39 is 10.1 Å². The van der Waals surface area contributed by atoms with Crippen LogP contribution >= 0.6 is 0 Å². The van der Waals surface area contributed by atoms with E-state index in [2.05, 4.69) is 15.8 Å². The van der Waals surface area contributed by atoms with Gasteiger partial charge < -0.3 is 32.0 Å². The topological polar surface area (TPSA) is 158 Å². The van der Waals surface area contributed by atoms with Crippen LogP contribution in [0, 0.1) is 15.6 Å². The molecule has 0 bridgehead atoms. The van der Waals surface area contributed by atoms with Crippen molar-refractivity contribution in [2.24, 2.45) is 10.7 Å². The molecule has 0 aromatic heterocycles. The molecule has 1 aliphatic carbocycles. The summed E-state index contributed by atoms with van der Waals surface area (Å²) in [4.78, 5) is 2.93. The Bertz CT molecular complexity index is 487. The molecule has 0 saturated heterocycles. The third kappa shape index (κ3) is 3.90. The maximum absolute atomic E-state index is 10.9. The van der Waals surface area contributed by atoms with Crippen molar-refractivity contribution in [3.05, 3.63) is 51.3 Å². The van der Waals surface area contributed by atoms with Gasteiger partial charge in [-0.2, -0.15) is 4.90 Å². The van der Waals surface area contributed by atoms with Crippen molar-refractivity contribution < 1.29 is 10.1 Å². The van der Waals surface area contributed by atoms with E-state index >= 15 is 0 Å². The van der Waals surface area contributed by atoms with Gasteiger partial charge in [0.25, 0.3) is 0 Å². The first-order chi connectivity index (χ1) is 8.95. The van der Waals surface area contributed by atoms with E-state index in [1.165, 1.54) is 25.4 Å². The summed E-state index contributed by atoms with van der Waals surface area (Å²) >= 11 is 0. The number of guanidine groups is 1. The first-order valence-corrected chi connectivity index (χ1v) is 4.97. The third-order valence-electron chi connectivity index (χ3n) is 2.10. The Hall–Kier alpha value is -2.72. The summed E-state index contributed by atoms with van der Waals surface area (Å²) in [6.45, 7) is 0. The van der Waals surface area contributed by atoms with E-state index in [1.807, 2.05) is 0 Å². The molecule has 0 amide bonds. The second-order valence-corrected chi connectivity index (χ2v) is 3.30. The molecule has 5 N–H and O–H groups in total. The highest BCUT2D eigenvalue weighted by atomic mass is 16.8. The molecule has 0 atom stereocenters. The fourth-order valence-corrected chi connectivity index (χ4v) is 1.18. The Balaban J connectivity index is 2.90. The molecule has 0 fully saturated rings. The van der Waals surface area contributed by atoms with Gasteiger partial charge in [-0.15, -0.1) is 0 Å². The monoisotopic (exact) mass is 268 g/mol. The van der Waals surface area contributed by atoms with Crippen LogP contribution < -0.4 is 16.6 Å². The number of hydrazine groups is 1. The number of hydrogen-bond donors (Lipinski definition) is 4. The number of nitrogens with two attached hydrogens (primary N) is 1. The van der Waals surface area contributed by atoms with Gasteiger partial charge >= 0.3 is 0 Å². The number of allylic oxidation sites excluding steroid dienone is 3. The first-order valence-electron chi connectivity index (χ1n) is 4.97. The molecule has 0 saturated carbocycles. The van der Waals surface area contributed by atoms with Crippen LogP contribution in [0.15, 0.2) is 40.7 Å². The Morgan fingerprint density at radius 1 is 1.53 bits per heavy atom. The van der Waals surface area contributed by atoms with Crippen LogP contribution in [0.2, 0.25) is 0 Å². The molecule has 0 radical (unpaired) electrons. The molecule has 0 spiro atoms. The standard InChI is InChI=1S/C9H12N6O4/c1-11-9(10)13-12-5-6-2-3-7(14(16)17)4-8(6)15(18)19/h2-5,12,18H,1H3,(H3-,10,11,13,16,17)/q-2/b6-5+. The minimum atomic E-state index is -0.676. The number of hydroxylamine groups is 2. The van der Waals surface area contributed by atoms with E-state index in [1.54, 1.807) is 0 Å². The molecule has 10 heteroatoms. The lowest BCUT2D eigenvalue weighted by Crippen LogP contribution is -2.39. The molecule has 0 unspecified atom stereocenters. The summed E-state index contributed by atoms with van der Waals surface area (Å²) in [5.41, 5.74) is 9.96. The molecular formula is C9H12N6O4-2. The van der Waals surface area contributed by atoms with Crippen molar-refractivity contribution in [2.75, 3.05) is 7.05 Å². The van der Waals surface area contributed by atoms with Crippen LogP contribution in [0.4, 0.5) is 0 Å². The smallest absolute Gasteiger partial charge is 0.224 e. The van der Waals surface area contributed by atoms with E-state index in [4.69, 9.17) is 10.9 Å². The van der Waals surface area contributed by atoms with Gasteiger partial charge in [-0.25, -0.2) is 0 Å². The fraction of sp³-hybridized carbons (Fsp3) is 0.111. The van der Waals surface area contributed by atoms with E-state index in [9.17, 15) is 15.6 Å². The highest BCUT2D eigenvalue weighted by molar-refractivity contribution is 6.03. The van der Waals surface area contributed by atoms with Crippen LogP contribution in [0.25, 0.3) is 0 Å². The van der Waals surface area contributed by atoms with E-state index in [-0.39, 0.29) is 22.9 Å². The molecule has 1 aliphatic rings. The van der Waals surface area contributed by atoms with E-state index in [0.717, 1.165) is 6.08 Å². The van der Waals surface area contributed by atoms with Gasteiger partial charge in [0.2, 0.25) is 11.7 Å². The van der Waals surface area contributed by atoms with Gasteiger partial charge in [-0.1, -0.05) is 0 Å². The normalized spacial score (nSPS) is 17.2. The summed E-state index contributed by atoms with van der Waals surface area (Å²) in [6, 6.07) is 0. The van der Waals surface area contributed by atoms with Crippen molar-refractivity contribution in [1.82, 2.24) is 16.1 Å². The SMILES string of the molecule is CN=C(N)NN/C=C1\C=CC(=[N+]([O-])[O-])C=C1N([O-])O. The number of nitrogens with one attached hydrogen (secondary N) is 2. The fourth-order valence-electron chi connectivity index (χ4n) is 1.18. The zero-order valence-corrected chi connectivity index (χ0v) is 9.90. The second-order valence-electron chi connectivity index (χ2n) is 3.30. The number of rotatable bonds is 3. The maximum atomic E-state index is 10.9. The molecule has 10 nitrogen and oxygen atoms in total. The second kappa shape index (κ2) is 6.28. The summed E-state index contributed by atoms with van der Waals surface area (Å²) in [5, 5.41) is 40.5. The van der Waals surface area contributed by atoms with Crippen molar-refractivity contribution >= 4 is 11.7 Å². The number of nitrogens with zero attached hydrogens (tertiary/aromatic N) is 3. The van der Waals surface area contributed by atoms with E-state index in [0.29, 0.717) is 0 Å². The predicted molar refractivity (Wildman–Crippen MR) is 68.1 cm³/mol. The maximum Gasteiger partial charge on any atom is 0.224 e. The van der Waals surface area contributed by atoms with Gasteiger partial charge in [-0.05, 0) is 6.08 Å². The quantitative estimate of drug-likeness (QED) is 0.219. The molecule has 104 valence electrons. The molecule has 0 aromatic carbocycles. The minimum Gasteiger partial charge on any atom is -0.733 e. The lowest BCUT2D eigenvalue weighted by atomic mass is 10.1. The average molecular weight is 268 g/mol. The Morgan fingerprint density at radius 3 is 2.74 bits per heavy atom. The summed E-state index contributed by atoms with van der Waals surface area (Å²) in [7, 11) is 1.47. The largest absolute Gasteiger partial charge is 0.733 e. The Morgan fingerprint density at radius 2 is 2.21 bits per heavy atom. The first kappa shape index (κ1) is 14.3. The Kier molecular flexibility index (Phi) is 4.74. The lowest BCUT2D eigenvalue weighted by Gasteiger charge is -2.27. The molecule has 0 aliphatic heterocycles. The Labute approximate surface area is 108 Å². The molecule has 0 heterocycles. The summed E-state index contributed by atoms with van der Waals surface area (Å²) in [6.07, 6.45) is 4.72. The molecule has 19 heavy (non-hydrogen) atoms. The van der Waals surface area contributed by atoms with Crippen LogP contribution in [0.5, 0.6) is 0 Å². The lowest BCUT2D eigenvalue weighted by molar-refractivity contribution is -0.377. The summed E-state index contributed by atoms with van der Waals surface area (Å²) < 4.78 is 0. The van der Waals surface area contributed by atoms with Gasteiger partial charge in [-0.3, -0.25) is 15.6 Å². The van der Waals surface area contributed by atoms with Crippen LogP contribution in [-0.2, 0) is 0 Å². The predicted octanol–water partition coefficient (Wildman–Crippen LogP) is -0.999. The van der Waals surface area contributed by atoms with Crippen LogP contribution in [-0.4, -0.2) is 34.1 Å². The number of aliphatic imine (C=N–C) groups is 1. The van der Waals surface area contributed by atoms with Crippen molar-refractivity contribution in [3.63, 3.8) is 0 Å². The molecule has 1 rings (SSSR count). The van der Waals surface area contributed by atoms with Crippen molar-refractivity contribution in [1.29, 1.82) is 0 Å². The van der Waals surface area contributed by atoms with Gasteiger partial charge in [0.1, 0.15) is 0 Å². The number of hydrogen-bond acceptors (Lipinski definition) is 7. The van der Waals surface area contributed by atoms with Crippen molar-refractivity contribution in [3.8, 4) is 0 Å².